The second-order valence-electron chi connectivity index (χ2n) is 6.20. The van der Waals surface area contributed by atoms with E-state index in [4.69, 9.17) is 9.40 Å². The summed E-state index contributed by atoms with van der Waals surface area (Å²) < 4.78 is 5.23. The van der Waals surface area contributed by atoms with Crippen LogP contribution < -0.4 is 5.32 Å². The zero-order valence-electron chi connectivity index (χ0n) is 14.4. The molecule has 1 aliphatic rings. The lowest BCUT2D eigenvalue weighted by Crippen LogP contribution is -2.38. The number of furan rings is 1. The SMILES string of the molecule is CCC(=O)NCCc1csc(C2CCCN(C(=O)c3ccco3)C2)n1. The average molecular weight is 361 g/mol. The number of carbonyl (C=O) groups excluding carboxylic acids is 2. The smallest absolute Gasteiger partial charge is 0.289 e. The molecule has 134 valence electrons. The van der Waals surface area contributed by atoms with E-state index in [-0.39, 0.29) is 17.7 Å². The molecule has 1 saturated heterocycles. The Kier molecular flexibility index (Phi) is 5.86. The highest BCUT2D eigenvalue weighted by Crippen LogP contribution is 2.30. The number of carbonyl (C=O) groups is 2. The number of aromatic nitrogens is 1. The van der Waals surface area contributed by atoms with Gasteiger partial charge < -0.3 is 14.6 Å². The number of likely N-dealkylation sites (tertiary alicyclic amines) is 1. The van der Waals surface area contributed by atoms with Crippen LogP contribution in [0.3, 0.4) is 0 Å². The number of thiazole rings is 1. The third-order valence-corrected chi connectivity index (χ3v) is 5.44. The molecule has 0 saturated carbocycles. The molecule has 0 radical (unpaired) electrons. The molecule has 0 aliphatic carbocycles. The van der Waals surface area contributed by atoms with Crippen molar-refractivity contribution in [2.24, 2.45) is 0 Å². The van der Waals surface area contributed by atoms with Gasteiger partial charge >= 0.3 is 0 Å². The number of hydrogen-bond acceptors (Lipinski definition) is 5. The van der Waals surface area contributed by atoms with Crippen molar-refractivity contribution in [2.45, 2.75) is 38.5 Å². The van der Waals surface area contributed by atoms with Gasteiger partial charge in [0.05, 0.1) is 17.0 Å². The Labute approximate surface area is 151 Å². The van der Waals surface area contributed by atoms with E-state index in [1.165, 1.54) is 6.26 Å². The van der Waals surface area contributed by atoms with Crippen LogP contribution >= 0.6 is 11.3 Å². The fourth-order valence-electron chi connectivity index (χ4n) is 3.00. The molecule has 2 aromatic heterocycles. The van der Waals surface area contributed by atoms with Gasteiger partial charge in [0.15, 0.2) is 5.76 Å². The zero-order valence-corrected chi connectivity index (χ0v) is 15.2. The number of nitrogens with zero attached hydrogens (tertiary/aromatic N) is 2. The number of rotatable bonds is 6. The van der Waals surface area contributed by atoms with Gasteiger partial charge in [0, 0.05) is 43.8 Å². The molecular weight excluding hydrogens is 338 g/mol. The topological polar surface area (TPSA) is 75.4 Å². The lowest BCUT2D eigenvalue weighted by atomic mass is 9.98. The molecule has 7 heteroatoms. The normalized spacial score (nSPS) is 17.5. The van der Waals surface area contributed by atoms with Crippen molar-refractivity contribution in [3.05, 3.63) is 40.2 Å². The summed E-state index contributed by atoms with van der Waals surface area (Å²) in [7, 11) is 0. The van der Waals surface area contributed by atoms with Gasteiger partial charge in [0.2, 0.25) is 5.91 Å². The minimum Gasteiger partial charge on any atom is -0.459 e. The van der Waals surface area contributed by atoms with Gasteiger partial charge in [-0.1, -0.05) is 6.92 Å². The van der Waals surface area contributed by atoms with E-state index in [0.29, 0.717) is 25.3 Å². The lowest BCUT2D eigenvalue weighted by Gasteiger charge is -2.31. The summed E-state index contributed by atoms with van der Waals surface area (Å²) >= 11 is 1.65. The van der Waals surface area contributed by atoms with Crippen molar-refractivity contribution >= 4 is 23.2 Å². The van der Waals surface area contributed by atoms with E-state index in [0.717, 1.165) is 36.5 Å². The maximum atomic E-state index is 12.5. The van der Waals surface area contributed by atoms with Gasteiger partial charge in [-0.05, 0) is 25.0 Å². The van der Waals surface area contributed by atoms with Crippen LogP contribution in [-0.2, 0) is 11.2 Å². The summed E-state index contributed by atoms with van der Waals surface area (Å²) in [5, 5.41) is 6.00. The Bertz CT molecular complexity index is 711. The Morgan fingerprint density at radius 1 is 1.48 bits per heavy atom. The Balaban J connectivity index is 1.56. The first-order valence-corrected chi connectivity index (χ1v) is 9.59. The first-order chi connectivity index (χ1) is 12.2. The van der Waals surface area contributed by atoms with E-state index < -0.39 is 0 Å². The van der Waals surface area contributed by atoms with Crippen molar-refractivity contribution in [3.63, 3.8) is 0 Å². The van der Waals surface area contributed by atoms with Gasteiger partial charge in [-0.2, -0.15) is 0 Å². The molecule has 0 bridgehead atoms. The molecule has 0 aromatic carbocycles. The summed E-state index contributed by atoms with van der Waals surface area (Å²) in [6.45, 7) is 3.90. The van der Waals surface area contributed by atoms with Crippen LogP contribution in [0.4, 0.5) is 0 Å². The fourth-order valence-corrected chi connectivity index (χ4v) is 3.98. The maximum absolute atomic E-state index is 12.5. The minimum atomic E-state index is -0.0474. The summed E-state index contributed by atoms with van der Waals surface area (Å²) in [5.41, 5.74) is 1.01. The van der Waals surface area contributed by atoms with E-state index in [1.54, 1.807) is 23.5 Å². The first kappa shape index (κ1) is 17.7. The molecule has 1 aliphatic heterocycles. The highest BCUT2D eigenvalue weighted by Gasteiger charge is 2.28. The molecule has 3 rings (SSSR count). The van der Waals surface area contributed by atoms with Crippen LogP contribution in [0.1, 0.15) is 53.4 Å². The van der Waals surface area contributed by atoms with Crippen LogP contribution in [-0.4, -0.2) is 41.3 Å². The first-order valence-electron chi connectivity index (χ1n) is 8.71. The van der Waals surface area contributed by atoms with Gasteiger partial charge in [-0.15, -0.1) is 11.3 Å². The standard InChI is InChI=1S/C18H23N3O3S/c1-2-16(22)19-8-7-14-12-25-17(20-14)13-5-3-9-21(11-13)18(23)15-6-4-10-24-15/h4,6,10,12-13H,2-3,5,7-9,11H2,1H3,(H,19,22). The Morgan fingerprint density at radius 3 is 3.12 bits per heavy atom. The largest absolute Gasteiger partial charge is 0.459 e. The molecular formula is C18H23N3O3S. The van der Waals surface area contributed by atoms with Crippen molar-refractivity contribution < 1.29 is 14.0 Å². The number of amides is 2. The summed E-state index contributed by atoms with van der Waals surface area (Å²) in [4.78, 5) is 30.3. The molecule has 2 aromatic rings. The number of hydrogen-bond donors (Lipinski definition) is 1. The quantitative estimate of drug-likeness (QED) is 0.858. The third kappa shape index (κ3) is 4.48. The number of piperidine rings is 1. The summed E-state index contributed by atoms with van der Waals surface area (Å²) in [6, 6.07) is 3.44. The molecule has 1 fully saturated rings. The van der Waals surface area contributed by atoms with E-state index >= 15 is 0 Å². The van der Waals surface area contributed by atoms with E-state index in [9.17, 15) is 9.59 Å². The van der Waals surface area contributed by atoms with Gasteiger partial charge in [0.1, 0.15) is 0 Å². The minimum absolute atomic E-state index is 0.0474. The van der Waals surface area contributed by atoms with Gasteiger partial charge in [-0.3, -0.25) is 9.59 Å². The molecule has 3 heterocycles. The molecule has 1 atom stereocenters. The third-order valence-electron chi connectivity index (χ3n) is 4.38. The molecule has 2 amide bonds. The molecule has 25 heavy (non-hydrogen) atoms. The van der Waals surface area contributed by atoms with Crippen molar-refractivity contribution in [1.29, 1.82) is 0 Å². The lowest BCUT2D eigenvalue weighted by molar-refractivity contribution is -0.120. The van der Waals surface area contributed by atoms with Crippen molar-refractivity contribution in [3.8, 4) is 0 Å². The fraction of sp³-hybridized carbons (Fsp3) is 0.500. The van der Waals surface area contributed by atoms with Crippen LogP contribution in [0.2, 0.25) is 0 Å². The second-order valence-corrected chi connectivity index (χ2v) is 7.09. The van der Waals surface area contributed by atoms with Crippen LogP contribution in [0.15, 0.2) is 28.2 Å². The summed E-state index contributed by atoms with van der Waals surface area (Å²) in [6.07, 6.45) is 4.78. The van der Waals surface area contributed by atoms with Gasteiger partial charge in [-0.25, -0.2) is 4.98 Å². The number of nitrogens with one attached hydrogen (secondary N) is 1. The van der Waals surface area contributed by atoms with Gasteiger partial charge in [0.25, 0.3) is 5.91 Å². The van der Waals surface area contributed by atoms with Crippen molar-refractivity contribution in [2.75, 3.05) is 19.6 Å². The average Bonchev–Trinajstić information content (AvgIpc) is 3.33. The molecule has 6 nitrogen and oxygen atoms in total. The highest BCUT2D eigenvalue weighted by atomic mass is 32.1. The van der Waals surface area contributed by atoms with Crippen LogP contribution in [0.5, 0.6) is 0 Å². The molecule has 1 N–H and O–H groups in total. The zero-order chi connectivity index (χ0) is 17.6. The predicted molar refractivity (Wildman–Crippen MR) is 95.7 cm³/mol. The summed E-state index contributed by atoms with van der Waals surface area (Å²) in [5.74, 6) is 0.687. The Morgan fingerprint density at radius 2 is 2.36 bits per heavy atom. The van der Waals surface area contributed by atoms with Crippen LogP contribution in [0, 0.1) is 0 Å². The molecule has 0 spiro atoms. The van der Waals surface area contributed by atoms with E-state index in [2.05, 4.69) is 10.7 Å². The molecule has 1 unspecified atom stereocenters. The monoisotopic (exact) mass is 361 g/mol. The Hall–Kier alpha value is -2.15. The van der Waals surface area contributed by atoms with Crippen LogP contribution in [0.25, 0.3) is 0 Å². The predicted octanol–water partition coefficient (Wildman–Crippen LogP) is 2.82. The second kappa shape index (κ2) is 8.29. The maximum Gasteiger partial charge on any atom is 0.289 e. The highest BCUT2D eigenvalue weighted by molar-refractivity contribution is 7.09. The van der Waals surface area contributed by atoms with E-state index in [1.807, 2.05) is 11.8 Å². The van der Waals surface area contributed by atoms with Crippen molar-refractivity contribution in [1.82, 2.24) is 15.2 Å².